The Labute approximate surface area is 101 Å². The third-order valence-electron chi connectivity index (χ3n) is 3.13. The minimum absolute atomic E-state index is 0.00878. The van der Waals surface area contributed by atoms with Crippen LogP contribution in [0.15, 0.2) is 24.3 Å². The molecule has 0 fully saturated rings. The van der Waals surface area contributed by atoms with Gasteiger partial charge in [-0.2, -0.15) is 0 Å². The van der Waals surface area contributed by atoms with E-state index in [2.05, 4.69) is 23.1 Å². The first-order valence-electron chi connectivity index (χ1n) is 5.88. The molecule has 1 aromatic rings. The number of rotatable bonds is 4. The minimum Gasteiger partial charge on any atom is -0.324 e. The highest BCUT2D eigenvalue weighted by molar-refractivity contribution is 7.51. The van der Waals surface area contributed by atoms with E-state index in [9.17, 15) is 4.57 Å². The van der Waals surface area contributed by atoms with E-state index in [1.54, 1.807) is 0 Å². The Kier molecular flexibility index (Phi) is 4.00. The molecule has 1 heterocycles. The molecule has 0 amide bonds. The van der Waals surface area contributed by atoms with E-state index in [4.69, 9.17) is 9.79 Å². The first-order valence-corrected chi connectivity index (χ1v) is 7.68. The summed E-state index contributed by atoms with van der Waals surface area (Å²) in [6.45, 7) is 2.65. The van der Waals surface area contributed by atoms with Crippen LogP contribution in [-0.4, -0.2) is 33.9 Å². The lowest BCUT2D eigenvalue weighted by Gasteiger charge is -2.28. The van der Waals surface area contributed by atoms with Crippen LogP contribution >= 0.6 is 7.60 Å². The quantitative estimate of drug-likeness (QED) is 0.802. The number of fused-ring (bicyclic) bond motifs is 1. The highest BCUT2D eigenvalue weighted by Gasteiger charge is 2.17. The lowest BCUT2D eigenvalue weighted by atomic mass is 10.00. The summed E-state index contributed by atoms with van der Waals surface area (Å²) in [5.41, 5.74) is 2.74. The molecule has 2 N–H and O–H groups in total. The van der Waals surface area contributed by atoms with Crippen LogP contribution in [0, 0.1) is 0 Å². The number of hydrogen-bond donors (Lipinski definition) is 2. The fourth-order valence-electron chi connectivity index (χ4n) is 2.25. The van der Waals surface area contributed by atoms with E-state index in [0.29, 0.717) is 6.42 Å². The minimum atomic E-state index is -3.83. The van der Waals surface area contributed by atoms with Gasteiger partial charge in [-0.3, -0.25) is 9.46 Å². The predicted octanol–water partition coefficient (Wildman–Crippen LogP) is 1.61. The van der Waals surface area contributed by atoms with E-state index in [-0.39, 0.29) is 6.16 Å². The summed E-state index contributed by atoms with van der Waals surface area (Å²) >= 11 is 0. The van der Waals surface area contributed by atoms with Crippen LogP contribution in [0.3, 0.4) is 0 Å². The third kappa shape index (κ3) is 3.93. The summed E-state index contributed by atoms with van der Waals surface area (Å²) in [6.07, 6.45) is 1.59. The van der Waals surface area contributed by atoms with Crippen molar-refractivity contribution >= 4 is 7.60 Å². The Hall–Kier alpha value is -0.670. The molecule has 0 aromatic heterocycles. The fraction of sp³-hybridized carbons (Fsp3) is 0.500. The second-order valence-electron chi connectivity index (χ2n) is 4.54. The molecular weight excluding hydrogens is 237 g/mol. The van der Waals surface area contributed by atoms with Crippen molar-refractivity contribution in [3.63, 3.8) is 0 Å². The van der Waals surface area contributed by atoms with Gasteiger partial charge in [-0.1, -0.05) is 24.3 Å². The van der Waals surface area contributed by atoms with Gasteiger partial charge in [-0.05, 0) is 30.5 Å². The van der Waals surface area contributed by atoms with Gasteiger partial charge in [-0.15, -0.1) is 0 Å². The Morgan fingerprint density at radius 2 is 1.94 bits per heavy atom. The number of hydrogen-bond acceptors (Lipinski definition) is 2. The molecule has 0 saturated heterocycles. The molecule has 4 nitrogen and oxygen atoms in total. The first-order chi connectivity index (χ1) is 8.04. The van der Waals surface area contributed by atoms with Gasteiger partial charge in [0.25, 0.3) is 0 Å². The third-order valence-corrected chi connectivity index (χ3v) is 4.03. The molecule has 1 aromatic carbocycles. The zero-order chi connectivity index (χ0) is 12.3. The smallest absolute Gasteiger partial charge is 0.324 e. The molecule has 0 saturated carbocycles. The molecule has 0 bridgehead atoms. The van der Waals surface area contributed by atoms with Gasteiger partial charge in [0.05, 0.1) is 6.16 Å². The molecule has 0 atom stereocenters. The topological polar surface area (TPSA) is 60.8 Å². The molecular formula is C12H18NO3P. The van der Waals surface area contributed by atoms with Gasteiger partial charge in [-0.25, -0.2) is 0 Å². The Balaban J connectivity index is 1.84. The van der Waals surface area contributed by atoms with E-state index in [1.807, 2.05) is 6.07 Å². The van der Waals surface area contributed by atoms with Crippen molar-refractivity contribution < 1.29 is 14.4 Å². The Bertz CT molecular complexity index is 430. The van der Waals surface area contributed by atoms with Gasteiger partial charge in [0.1, 0.15) is 0 Å². The summed E-state index contributed by atoms with van der Waals surface area (Å²) < 4.78 is 10.7. The zero-order valence-electron chi connectivity index (χ0n) is 9.75. The standard InChI is InChI=1S/C12H18NO3P/c14-17(15,16)9-3-7-13-8-6-11-4-1-2-5-12(11)10-13/h1-2,4-5H,3,6-10H2,(H2,14,15,16). The molecule has 5 heteroatoms. The van der Waals surface area contributed by atoms with E-state index in [0.717, 1.165) is 26.1 Å². The lowest BCUT2D eigenvalue weighted by molar-refractivity contribution is 0.252. The predicted molar refractivity (Wildman–Crippen MR) is 67.0 cm³/mol. The summed E-state index contributed by atoms with van der Waals surface area (Å²) in [5.74, 6) is 0. The van der Waals surface area contributed by atoms with Gasteiger partial charge in [0.15, 0.2) is 0 Å². The Morgan fingerprint density at radius 1 is 1.24 bits per heavy atom. The van der Waals surface area contributed by atoms with Gasteiger partial charge in [0.2, 0.25) is 0 Å². The van der Waals surface area contributed by atoms with Crippen LogP contribution in [-0.2, 0) is 17.5 Å². The molecule has 2 rings (SSSR count). The number of nitrogens with zero attached hydrogens (tertiary/aromatic N) is 1. The van der Waals surface area contributed by atoms with Crippen LogP contribution in [0.5, 0.6) is 0 Å². The monoisotopic (exact) mass is 255 g/mol. The zero-order valence-corrected chi connectivity index (χ0v) is 10.6. The van der Waals surface area contributed by atoms with Crippen molar-refractivity contribution in [2.75, 3.05) is 19.3 Å². The van der Waals surface area contributed by atoms with Crippen LogP contribution in [0.2, 0.25) is 0 Å². The summed E-state index contributed by atoms with van der Waals surface area (Å²) in [6, 6.07) is 8.38. The lowest BCUT2D eigenvalue weighted by Crippen LogP contribution is -2.31. The van der Waals surface area contributed by atoms with Gasteiger partial charge >= 0.3 is 7.60 Å². The second kappa shape index (κ2) is 5.32. The van der Waals surface area contributed by atoms with Gasteiger partial charge < -0.3 is 9.79 Å². The highest BCUT2D eigenvalue weighted by atomic mass is 31.2. The average molecular weight is 255 g/mol. The van der Waals surface area contributed by atoms with Crippen LogP contribution in [0.25, 0.3) is 0 Å². The summed E-state index contributed by atoms with van der Waals surface area (Å²) in [5, 5.41) is 0. The fourth-order valence-corrected chi connectivity index (χ4v) is 2.80. The molecule has 1 aliphatic heterocycles. The van der Waals surface area contributed by atoms with Crippen LogP contribution in [0.1, 0.15) is 17.5 Å². The maximum atomic E-state index is 10.7. The largest absolute Gasteiger partial charge is 0.325 e. The van der Waals surface area contributed by atoms with Crippen LogP contribution in [0.4, 0.5) is 0 Å². The Morgan fingerprint density at radius 3 is 2.65 bits per heavy atom. The van der Waals surface area contributed by atoms with E-state index < -0.39 is 7.60 Å². The molecule has 0 radical (unpaired) electrons. The van der Waals surface area contributed by atoms with Crippen molar-refractivity contribution in [3.8, 4) is 0 Å². The summed E-state index contributed by atoms with van der Waals surface area (Å²) in [7, 11) is -3.83. The normalized spacial score (nSPS) is 16.8. The van der Waals surface area contributed by atoms with Crippen molar-refractivity contribution in [1.29, 1.82) is 0 Å². The molecule has 17 heavy (non-hydrogen) atoms. The highest BCUT2D eigenvalue weighted by Crippen LogP contribution is 2.35. The van der Waals surface area contributed by atoms with Crippen molar-refractivity contribution in [3.05, 3.63) is 35.4 Å². The maximum absolute atomic E-state index is 10.7. The van der Waals surface area contributed by atoms with Crippen molar-refractivity contribution in [1.82, 2.24) is 4.90 Å². The van der Waals surface area contributed by atoms with E-state index in [1.165, 1.54) is 11.1 Å². The van der Waals surface area contributed by atoms with E-state index >= 15 is 0 Å². The SMILES string of the molecule is O=P(O)(O)CCCN1CCc2ccccc2C1. The van der Waals surface area contributed by atoms with Crippen molar-refractivity contribution in [2.24, 2.45) is 0 Å². The molecule has 0 aliphatic carbocycles. The molecule has 94 valence electrons. The maximum Gasteiger partial charge on any atom is 0.325 e. The average Bonchev–Trinajstić information content (AvgIpc) is 2.27. The first kappa shape index (κ1) is 12.8. The van der Waals surface area contributed by atoms with Gasteiger partial charge in [0, 0.05) is 13.1 Å². The van der Waals surface area contributed by atoms with Crippen molar-refractivity contribution in [2.45, 2.75) is 19.4 Å². The molecule has 1 aliphatic rings. The molecule has 0 unspecified atom stereocenters. The van der Waals surface area contributed by atoms with Crippen LogP contribution < -0.4 is 0 Å². The molecule has 0 spiro atoms. The number of benzene rings is 1. The summed E-state index contributed by atoms with van der Waals surface area (Å²) in [4.78, 5) is 19.9. The second-order valence-corrected chi connectivity index (χ2v) is 6.31.